The van der Waals surface area contributed by atoms with Crippen LogP contribution in [0.4, 0.5) is 0 Å². The summed E-state index contributed by atoms with van der Waals surface area (Å²) in [4.78, 5) is 0. The summed E-state index contributed by atoms with van der Waals surface area (Å²) < 4.78 is 1.14. The van der Waals surface area contributed by atoms with E-state index in [9.17, 15) is 0 Å². The molecule has 18 heavy (non-hydrogen) atoms. The Morgan fingerprint density at radius 3 is 2.61 bits per heavy atom. The molecule has 2 aromatic rings. The van der Waals surface area contributed by atoms with Crippen LogP contribution in [0.25, 0.3) is 0 Å². The van der Waals surface area contributed by atoms with Crippen LogP contribution in [0.3, 0.4) is 0 Å². The van der Waals surface area contributed by atoms with E-state index in [0.717, 1.165) is 23.9 Å². The van der Waals surface area contributed by atoms with E-state index in [0.29, 0.717) is 6.04 Å². The molecule has 0 saturated heterocycles. The summed E-state index contributed by atoms with van der Waals surface area (Å²) in [5, 5.41) is 8.00. The van der Waals surface area contributed by atoms with E-state index in [1.54, 1.807) is 11.3 Å². The van der Waals surface area contributed by atoms with Crippen molar-refractivity contribution in [2.75, 3.05) is 6.54 Å². The maximum atomic E-state index is 3.63. The fourth-order valence-electron chi connectivity index (χ4n) is 2.02. The highest BCUT2D eigenvalue weighted by atomic mass is 79.9. The first-order valence-electron chi connectivity index (χ1n) is 6.29. The quantitative estimate of drug-likeness (QED) is 0.805. The van der Waals surface area contributed by atoms with E-state index in [-0.39, 0.29) is 0 Å². The van der Waals surface area contributed by atoms with Gasteiger partial charge in [0.2, 0.25) is 0 Å². The molecule has 1 unspecified atom stereocenters. The van der Waals surface area contributed by atoms with Crippen LogP contribution < -0.4 is 5.32 Å². The number of benzene rings is 1. The van der Waals surface area contributed by atoms with Crippen molar-refractivity contribution < 1.29 is 0 Å². The number of hydrogen-bond acceptors (Lipinski definition) is 2. The third-order valence-electron chi connectivity index (χ3n) is 3.07. The van der Waals surface area contributed by atoms with Crippen molar-refractivity contribution in [3.63, 3.8) is 0 Å². The normalized spacial score (nSPS) is 12.6. The lowest BCUT2D eigenvalue weighted by Crippen LogP contribution is -2.23. The molecular weight excluding hydrogens is 306 g/mol. The van der Waals surface area contributed by atoms with E-state index in [2.05, 4.69) is 69.3 Å². The van der Waals surface area contributed by atoms with Crippen LogP contribution in [-0.2, 0) is 6.42 Å². The molecule has 0 aliphatic heterocycles. The molecule has 0 saturated carbocycles. The molecule has 96 valence electrons. The topological polar surface area (TPSA) is 12.0 Å². The van der Waals surface area contributed by atoms with Gasteiger partial charge < -0.3 is 5.32 Å². The van der Waals surface area contributed by atoms with Crippen molar-refractivity contribution in [3.05, 3.63) is 56.7 Å². The maximum Gasteiger partial charge on any atom is 0.0317 e. The molecule has 0 bridgehead atoms. The first-order chi connectivity index (χ1) is 8.79. The van der Waals surface area contributed by atoms with Gasteiger partial charge in [-0.3, -0.25) is 0 Å². The fourth-order valence-corrected chi connectivity index (χ4v) is 2.99. The lowest BCUT2D eigenvalue weighted by molar-refractivity contribution is 0.523. The van der Waals surface area contributed by atoms with Crippen LogP contribution >= 0.6 is 27.3 Å². The molecule has 1 aromatic heterocycles. The second-order valence-corrected chi connectivity index (χ2v) is 6.04. The van der Waals surface area contributed by atoms with Crippen LogP contribution in [0.5, 0.6) is 0 Å². The lowest BCUT2D eigenvalue weighted by Gasteiger charge is -2.17. The predicted octanol–water partition coefficient (Wildman–Crippen LogP) is 4.79. The van der Waals surface area contributed by atoms with Gasteiger partial charge in [-0.1, -0.05) is 35.0 Å². The molecule has 0 fully saturated rings. The highest BCUT2D eigenvalue weighted by Gasteiger charge is 2.07. The van der Waals surface area contributed by atoms with Gasteiger partial charge in [0.1, 0.15) is 0 Å². The van der Waals surface area contributed by atoms with Crippen molar-refractivity contribution in [3.8, 4) is 0 Å². The van der Waals surface area contributed by atoms with E-state index >= 15 is 0 Å². The molecule has 1 atom stereocenters. The molecule has 1 N–H and O–H groups in total. The molecule has 1 nitrogen and oxygen atoms in total. The van der Waals surface area contributed by atoms with E-state index in [1.807, 2.05) is 0 Å². The zero-order valence-corrected chi connectivity index (χ0v) is 12.9. The Kier molecular flexibility index (Phi) is 5.42. The average molecular weight is 324 g/mol. The van der Waals surface area contributed by atoms with Crippen molar-refractivity contribution in [2.45, 2.75) is 25.8 Å². The van der Waals surface area contributed by atoms with Gasteiger partial charge in [0.15, 0.2) is 0 Å². The standard InChI is InChI=1S/C15H18BrNS/c1-2-15(13-3-5-14(16)6-4-13)17-9-7-12-8-10-18-11-12/h3-6,8,10-11,15,17H,2,7,9H2,1H3. The Hall–Kier alpha value is -0.640. The molecule has 1 heterocycles. The Labute approximate surface area is 121 Å². The van der Waals surface area contributed by atoms with Crippen LogP contribution in [0.1, 0.15) is 30.5 Å². The van der Waals surface area contributed by atoms with Crippen molar-refractivity contribution >= 4 is 27.3 Å². The molecular formula is C15H18BrNS. The molecule has 1 aromatic carbocycles. The Morgan fingerprint density at radius 1 is 1.22 bits per heavy atom. The minimum absolute atomic E-state index is 0.455. The van der Waals surface area contributed by atoms with Crippen LogP contribution in [0.15, 0.2) is 45.6 Å². The molecule has 2 rings (SSSR count). The summed E-state index contributed by atoms with van der Waals surface area (Å²) in [6, 6.07) is 11.3. The van der Waals surface area contributed by atoms with Gasteiger partial charge in [0.25, 0.3) is 0 Å². The van der Waals surface area contributed by atoms with Gasteiger partial charge >= 0.3 is 0 Å². The molecule has 0 spiro atoms. The molecule has 0 aliphatic rings. The molecule has 3 heteroatoms. The largest absolute Gasteiger partial charge is 0.310 e. The number of thiophene rings is 1. The van der Waals surface area contributed by atoms with Gasteiger partial charge in [0.05, 0.1) is 0 Å². The third kappa shape index (κ3) is 3.94. The second kappa shape index (κ2) is 7.07. The van der Waals surface area contributed by atoms with E-state index < -0.39 is 0 Å². The van der Waals surface area contributed by atoms with Crippen LogP contribution in [0.2, 0.25) is 0 Å². The summed E-state index contributed by atoms with van der Waals surface area (Å²) in [6.07, 6.45) is 2.22. The van der Waals surface area contributed by atoms with Gasteiger partial charge in [-0.15, -0.1) is 0 Å². The molecule has 0 radical (unpaired) electrons. The highest BCUT2D eigenvalue weighted by molar-refractivity contribution is 9.10. The summed E-state index contributed by atoms with van der Waals surface area (Å²) in [5.74, 6) is 0. The van der Waals surface area contributed by atoms with Crippen molar-refractivity contribution in [1.29, 1.82) is 0 Å². The number of nitrogens with one attached hydrogen (secondary N) is 1. The van der Waals surface area contributed by atoms with Gasteiger partial charge in [0, 0.05) is 10.5 Å². The van der Waals surface area contributed by atoms with E-state index in [4.69, 9.17) is 0 Å². The van der Waals surface area contributed by atoms with Gasteiger partial charge in [-0.2, -0.15) is 11.3 Å². The Balaban J connectivity index is 1.87. The lowest BCUT2D eigenvalue weighted by atomic mass is 10.0. The van der Waals surface area contributed by atoms with Crippen molar-refractivity contribution in [1.82, 2.24) is 5.32 Å². The predicted molar refractivity (Wildman–Crippen MR) is 83.2 cm³/mol. The van der Waals surface area contributed by atoms with Gasteiger partial charge in [-0.25, -0.2) is 0 Å². The SMILES string of the molecule is CCC(NCCc1ccsc1)c1ccc(Br)cc1. The minimum atomic E-state index is 0.455. The minimum Gasteiger partial charge on any atom is -0.310 e. The Bertz CT molecular complexity index is 450. The number of halogens is 1. The zero-order valence-electron chi connectivity index (χ0n) is 10.5. The zero-order chi connectivity index (χ0) is 12.8. The average Bonchev–Trinajstić information content (AvgIpc) is 2.89. The summed E-state index contributed by atoms with van der Waals surface area (Å²) in [6.45, 7) is 3.26. The fraction of sp³-hybridized carbons (Fsp3) is 0.333. The van der Waals surface area contributed by atoms with Crippen LogP contribution in [-0.4, -0.2) is 6.54 Å². The first kappa shape index (κ1) is 13.8. The molecule has 0 amide bonds. The number of rotatable bonds is 6. The maximum absolute atomic E-state index is 3.63. The second-order valence-electron chi connectivity index (χ2n) is 4.35. The summed E-state index contributed by atoms with van der Waals surface area (Å²) in [5.41, 5.74) is 2.80. The molecule has 0 aliphatic carbocycles. The summed E-state index contributed by atoms with van der Waals surface area (Å²) in [7, 11) is 0. The monoisotopic (exact) mass is 323 g/mol. The Morgan fingerprint density at radius 2 is 2.00 bits per heavy atom. The van der Waals surface area contributed by atoms with E-state index in [1.165, 1.54) is 11.1 Å². The van der Waals surface area contributed by atoms with Crippen molar-refractivity contribution in [2.24, 2.45) is 0 Å². The third-order valence-corrected chi connectivity index (χ3v) is 4.33. The number of hydrogen-bond donors (Lipinski definition) is 1. The smallest absolute Gasteiger partial charge is 0.0317 e. The summed E-state index contributed by atoms with van der Waals surface area (Å²) >= 11 is 5.25. The van der Waals surface area contributed by atoms with Crippen LogP contribution in [0, 0.1) is 0 Å². The van der Waals surface area contributed by atoms with Gasteiger partial charge in [-0.05, 0) is 59.5 Å². The highest BCUT2D eigenvalue weighted by Crippen LogP contribution is 2.19. The first-order valence-corrected chi connectivity index (χ1v) is 8.03.